The van der Waals surface area contributed by atoms with Crippen molar-refractivity contribution in [3.8, 4) is 0 Å². The van der Waals surface area contributed by atoms with E-state index in [4.69, 9.17) is 11.6 Å². The normalized spacial score (nSPS) is 12.5. The Morgan fingerprint density at radius 1 is 1.20 bits per heavy atom. The molecule has 0 aliphatic rings. The van der Waals surface area contributed by atoms with Crippen LogP contribution in [0.2, 0.25) is 5.02 Å². The molecule has 0 radical (unpaired) electrons. The van der Waals surface area contributed by atoms with Crippen LogP contribution in [0.4, 0.5) is 5.69 Å². The molecule has 0 aliphatic carbocycles. The van der Waals surface area contributed by atoms with Crippen LogP contribution in [0.1, 0.15) is 30.6 Å². The van der Waals surface area contributed by atoms with Gasteiger partial charge in [0.1, 0.15) is 0 Å². The van der Waals surface area contributed by atoms with E-state index < -0.39 is 10.0 Å². The molecule has 1 N–H and O–H groups in total. The van der Waals surface area contributed by atoms with Gasteiger partial charge in [0.25, 0.3) is 15.9 Å². The molecule has 0 bridgehead atoms. The Labute approximate surface area is 153 Å². The number of hydrogen-bond acceptors (Lipinski definition) is 3. The molecule has 2 aromatic rings. The van der Waals surface area contributed by atoms with Crippen molar-refractivity contribution >= 4 is 33.2 Å². The monoisotopic (exact) mass is 380 g/mol. The molecule has 0 aromatic heterocycles. The van der Waals surface area contributed by atoms with Crippen LogP contribution in [0.25, 0.3) is 0 Å². The molecule has 1 atom stereocenters. The molecule has 1 unspecified atom stereocenters. The maximum atomic E-state index is 12.7. The van der Waals surface area contributed by atoms with Gasteiger partial charge in [0.15, 0.2) is 0 Å². The number of sulfonamides is 1. The molecular formula is C18H21ClN2O3S. The van der Waals surface area contributed by atoms with Gasteiger partial charge in [0.05, 0.1) is 10.6 Å². The molecule has 25 heavy (non-hydrogen) atoms. The Morgan fingerprint density at radius 2 is 1.84 bits per heavy atom. The van der Waals surface area contributed by atoms with Crippen LogP contribution in [0, 0.1) is 0 Å². The van der Waals surface area contributed by atoms with Gasteiger partial charge >= 0.3 is 0 Å². The van der Waals surface area contributed by atoms with Crippen LogP contribution >= 0.6 is 11.6 Å². The van der Waals surface area contributed by atoms with Crippen molar-refractivity contribution in [2.24, 2.45) is 0 Å². The topological polar surface area (TPSA) is 66.5 Å². The minimum atomic E-state index is -3.74. The molecule has 7 heteroatoms. The van der Waals surface area contributed by atoms with Gasteiger partial charge in [-0.05, 0) is 55.8 Å². The average molecular weight is 381 g/mol. The van der Waals surface area contributed by atoms with Crippen LogP contribution in [0.15, 0.2) is 53.4 Å². The minimum Gasteiger partial charge on any atom is -0.350 e. The standard InChI is InChI=1S/C18H21ClN2O3S/c1-4-13(2)20-18(22)14-6-5-7-16(12-14)21(3)25(23,24)17-10-8-15(19)9-11-17/h5-13H,4H2,1-3H3,(H,20,22). The zero-order chi connectivity index (χ0) is 18.6. The fraction of sp³-hybridized carbons (Fsp3) is 0.278. The van der Waals surface area contributed by atoms with E-state index in [9.17, 15) is 13.2 Å². The summed E-state index contributed by atoms with van der Waals surface area (Å²) in [6, 6.07) is 12.5. The number of hydrogen-bond donors (Lipinski definition) is 1. The van der Waals surface area contributed by atoms with Crippen LogP contribution in [0.5, 0.6) is 0 Å². The van der Waals surface area contributed by atoms with E-state index >= 15 is 0 Å². The fourth-order valence-corrected chi connectivity index (χ4v) is 3.47. The summed E-state index contributed by atoms with van der Waals surface area (Å²) >= 11 is 5.81. The Balaban J connectivity index is 2.30. The van der Waals surface area contributed by atoms with Crippen molar-refractivity contribution in [2.45, 2.75) is 31.2 Å². The summed E-state index contributed by atoms with van der Waals surface area (Å²) in [6.07, 6.45) is 0.816. The van der Waals surface area contributed by atoms with Gasteiger partial charge in [-0.1, -0.05) is 24.6 Å². The van der Waals surface area contributed by atoms with Gasteiger partial charge < -0.3 is 5.32 Å². The highest BCUT2D eigenvalue weighted by atomic mass is 35.5. The van der Waals surface area contributed by atoms with Gasteiger partial charge in [-0.3, -0.25) is 9.10 Å². The van der Waals surface area contributed by atoms with E-state index in [1.807, 2.05) is 13.8 Å². The summed E-state index contributed by atoms with van der Waals surface area (Å²) in [7, 11) is -2.28. The molecule has 0 saturated heterocycles. The molecule has 1 amide bonds. The van der Waals surface area contributed by atoms with Gasteiger partial charge in [0.2, 0.25) is 0 Å². The zero-order valence-corrected chi connectivity index (χ0v) is 15.9. The first-order valence-electron chi connectivity index (χ1n) is 7.91. The highest BCUT2D eigenvalue weighted by Gasteiger charge is 2.22. The second kappa shape index (κ2) is 7.89. The van der Waals surface area contributed by atoms with Crippen LogP contribution < -0.4 is 9.62 Å². The number of carbonyl (C=O) groups excluding carboxylic acids is 1. The third-order valence-electron chi connectivity index (χ3n) is 3.93. The van der Waals surface area contributed by atoms with Gasteiger partial charge in [-0.2, -0.15) is 0 Å². The van der Waals surface area contributed by atoms with E-state index in [2.05, 4.69) is 5.32 Å². The van der Waals surface area contributed by atoms with Crippen molar-refractivity contribution < 1.29 is 13.2 Å². The molecule has 5 nitrogen and oxygen atoms in total. The second-order valence-corrected chi connectivity index (χ2v) is 8.17. The number of benzene rings is 2. The van der Waals surface area contributed by atoms with E-state index in [0.29, 0.717) is 16.3 Å². The predicted octanol–water partition coefficient (Wildman–Crippen LogP) is 3.69. The summed E-state index contributed by atoms with van der Waals surface area (Å²) in [5, 5.41) is 3.33. The first-order valence-corrected chi connectivity index (χ1v) is 9.73. The lowest BCUT2D eigenvalue weighted by Gasteiger charge is -2.20. The summed E-state index contributed by atoms with van der Waals surface area (Å²) in [4.78, 5) is 12.4. The highest BCUT2D eigenvalue weighted by molar-refractivity contribution is 7.92. The lowest BCUT2D eigenvalue weighted by atomic mass is 10.1. The van der Waals surface area contributed by atoms with Crippen molar-refractivity contribution in [1.82, 2.24) is 5.32 Å². The molecule has 0 spiro atoms. The Bertz CT molecular complexity index is 851. The fourth-order valence-electron chi connectivity index (χ4n) is 2.16. The van der Waals surface area contributed by atoms with Gasteiger partial charge in [-0.15, -0.1) is 0 Å². The Hall–Kier alpha value is -2.05. The first-order chi connectivity index (χ1) is 11.8. The number of nitrogens with one attached hydrogen (secondary N) is 1. The molecule has 0 aliphatic heterocycles. The van der Waals surface area contributed by atoms with Crippen molar-refractivity contribution in [3.05, 3.63) is 59.1 Å². The number of amides is 1. The largest absolute Gasteiger partial charge is 0.350 e. The van der Waals surface area contributed by atoms with Gasteiger partial charge in [0, 0.05) is 23.7 Å². The molecule has 0 fully saturated rings. The SMILES string of the molecule is CCC(C)NC(=O)c1cccc(N(C)S(=O)(=O)c2ccc(Cl)cc2)c1. The maximum absolute atomic E-state index is 12.7. The molecule has 2 rings (SSSR count). The van der Waals surface area contributed by atoms with E-state index in [1.54, 1.807) is 24.3 Å². The molecule has 0 saturated carbocycles. The number of rotatable bonds is 6. The van der Waals surface area contributed by atoms with E-state index in [0.717, 1.165) is 10.7 Å². The lowest BCUT2D eigenvalue weighted by Crippen LogP contribution is -2.32. The number of anilines is 1. The number of carbonyl (C=O) groups is 1. The van der Waals surface area contributed by atoms with Crippen LogP contribution in [-0.2, 0) is 10.0 Å². The lowest BCUT2D eigenvalue weighted by molar-refractivity contribution is 0.0939. The first kappa shape index (κ1) is 19.3. The third-order valence-corrected chi connectivity index (χ3v) is 5.99. The molecular weight excluding hydrogens is 360 g/mol. The number of nitrogens with zero attached hydrogens (tertiary/aromatic N) is 1. The highest BCUT2D eigenvalue weighted by Crippen LogP contribution is 2.24. The summed E-state index contributed by atoms with van der Waals surface area (Å²) < 4.78 is 26.6. The van der Waals surface area contributed by atoms with Crippen molar-refractivity contribution in [3.63, 3.8) is 0 Å². The summed E-state index contributed by atoms with van der Waals surface area (Å²) in [5.41, 5.74) is 0.822. The predicted molar refractivity (Wildman–Crippen MR) is 101 cm³/mol. The van der Waals surface area contributed by atoms with Crippen LogP contribution in [0.3, 0.4) is 0 Å². The minimum absolute atomic E-state index is 0.0479. The van der Waals surface area contributed by atoms with Crippen molar-refractivity contribution in [2.75, 3.05) is 11.4 Å². The maximum Gasteiger partial charge on any atom is 0.264 e. The second-order valence-electron chi connectivity index (χ2n) is 5.76. The van der Waals surface area contributed by atoms with E-state index in [-0.39, 0.29) is 16.8 Å². The molecule has 0 heterocycles. The average Bonchev–Trinajstić information content (AvgIpc) is 2.61. The Morgan fingerprint density at radius 3 is 2.44 bits per heavy atom. The van der Waals surface area contributed by atoms with Crippen molar-refractivity contribution in [1.29, 1.82) is 0 Å². The zero-order valence-electron chi connectivity index (χ0n) is 14.4. The van der Waals surface area contributed by atoms with Gasteiger partial charge in [-0.25, -0.2) is 8.42 Å². The molecule has 2 aromatic carbocycles. The van der Waals surface area contributed by atoms with E-state index in [1.165, 1.54) is 31.3 Å². The third kappa shape index (κ3) is 4.52. The summed E-state index contributed by atoms with van der Waals surface area (Å²) in [5.74, 6) is -0.228. The smallest absolute Gasteiger partial charge is 0.264 e. The number of halogens is 1. The van der Waals surface area contributed by atoms with Crippen LogP contribution in [-0.4, -0.2) is 27.4 Å². The molecule has 134 valence electrons. The summed E-state index contributed by atoms with van der Waals surface area (Å²) in [6.45, 7) is 3.90. The quantitative estimate of drug-likeness (QED) is 0.831. The Kier molecular flexibility index (Phi) is 6.08.